The van der Waals surface area contributed by atoms with Crippen LogP contribution in [0, 0.1) is 11.7 Å². The van der Waals surface area contributed by atoms with Gasteiger partial charge in [0.15, 0.2) is 5.78 Å². The van der Waals surface area contributed by atoms with Crippen molar-refractivity contribution in [2.75, 3.05) is 0 Å². The average Bonchev–Trinajstić information content (AvgIpc) is 2.44. The summed E-state index contributed by atoms with van der Waals surface area (Å²) in [4.78, 5) is 12.2. The zero-order valence-corrected chi connectivity index (χ0v) is 11.3. The highest BCUT2D eigenvalue weighted by Gasteiger charge is 2.17. The molecule has 0 fully saturated rings. The Bertz CT molecular complexity index is 581. The molecule has 19 heavy (non-hydrogen) atoms. The Morgan fingerprint density at radius 3 is 2.53 bits per heavy atom. The summed E-state index contributed by atoms with van der Waals surface area (Å²) in [7, 11) is 0. The quantitative estimate of drug-likeness (QED) is 0.749. The van der Waals surface area contributed by atoms with Gasteiger partial charge in [-0.1, -0.05) is 61.0 Å². The minimum Gasteiger partial charge on any atom is -0.294 e. The number of benzene rings is 2. The van der Waals surface area contributed by atoms with Gasteiger partial charge in [-0.05, 0) is 18.1 Å². The Balaban J connectivity index is 2.15. The van der Waals surface area contributed by atoms with Gasteiger partial charge in [0.25, 0.3) is 0 Å². The van der Waals surface area contributed by atoms with E-state index >= 15 is 0 Å². The highest BCUT2D eigenvalue weighted by atomic mass is 35.5. The van der Waals surface area contributed by atoms with Crippen LogP contribution in [0.4, 0.5) is 4.39 Å². The number of rotatable bonds is 4. The van der Waals surface area contributed by atoms with E-state index in [0.29, 0.717) is 17.5 Å². The normalized spacial score (nSPS) is 12.2. The Morgan fingerprint density at radius 1 is 1.16 bits per heavy atom. The van der Waals surface area contributed by atoms with Gasteiger partial charge in [-0.3, -0.25) is 4.79 Å². The first-order chi connectivity index (χ1) is 9.09. The molecule has 0 heterocycles. The van der Waals surface area contributed by atoms with E-state index < -0.39 is 5.82 Å². The molecule has 0 aliphatic rings. The van der Waals surface area contributed by atoms with E-state index in [2.05, 4.69) is 0 Å². The standard InChI is InChI=1S/C16H14ClFO/c1-11(16(19)12-6-3-2-4-7-12)10-13-8-5-9-14(18)15(13)17/h2-9,11H,10H2,1H3. The fourth-order valence-corrected chi connectivity index (χ4v) is 2.22. The average molecular weight is 277 g/mol. The lowest BCUT2D eigenvalue weighted by Gasteiger charge is -2.12. The molecule has 1 nitrogen and oxygen atoms in total. The van der Waals surface area contributed by atoms with Gasteiger partial charge >= 0.3 is 0 Å². The van der Waals surface area contributed by atoms with E-state index in [0.717, 1.165) is 0 Å². The highest BCUT2D eigenvalue weighted by Crippen LogP contribution is 2.23. The lowest BCUT2D eigenvalue weighted by molar-refractivity contribution is 0.0929. The number of hydrogen-bond donors (Lipinski definition) is 0. The molecule has 2 aromatic rings. The topological polar surface area (TPSA) is 17.1 Å². The summed E-state index contributed by atoms with van der Waals surface area (Å²) in [6.07, 6.45) is 0.435. The van der Waals surface area contributed by atoms with Crippen LogP contribution in [0.2, 0.25) is 5.02 Å². The molecular formula is C16H14ClFO. The largest absolute Gasteiger partial charge is 0.294 e. The number of carbonyl (C=O) groups excluding carboxylic acids is 1. The van der Waals surface area contributed by atoms with Crippen LogP contribution in [0.1, 0.15) is 22.8 Å². The fourth-order valence-electron chi connectivity index (χ4n) is 2.02. The molecule has 0 aliphatic heterocycles. The van der Waals surface area contributed by atoms with Gasteiger partial charge in [0.05, 0.1) is 5.02 Å². The van der Waals surface area contributed by atoms with Crippen molar-refractivity contribution in [1.82, 2.24) is 0 Å². The number of hydrogen-bond acceptors (Lipinski definition) is 1. The molecule has 1 unspecified atom stereocenters. The molecule has 0 saturated heterocycles. The molecule has 2 aromatic carbocycles. The van der Waals surface area contributed by atoms with Crippen molar-refractivity contribution in [1.29, 1.82) is 0 Å². The molecule has 1 atom stereocenters. The third-order valence-corrected chi connectivity index (χ3v) is 3.49. The summed E-state index contributed by atoms with van der Waals surface area (Å²) in [6, 6.07) is 13.8. The molecule has 0 bridgehead atoms. The maximum Gasteiger partial charge on any atom is 0.165 e. The first-order valence-electron chi connectivity index (χ1n) is 6.11. The number of halogens is 2. The van der Waals surface area contributed by atoms with E-state index in [1.165, 1.54) is 6.07 Å². The van der Waals surface area contributed by atoms with Crippen molar-refractivity contribution < 1.29 is 9.18 Å². The van der Waals surface area contributed by atoms with E-state index in [4.69, 9.17) is 11.6 Å². The van der Waals surface area contributed by atoms with Gasteiger partial charge in [-0.2, -0.15) is 0 Å². The minimum absolute atomic E-state index is 0.0425. The third-order valence-electron chi connectivity index (χ3n) is 3.06. The van der Waals surface area contributed by atoms with Gasteiger partial charge in [-0.25, -0.2) is 4.39 Å². The van der Waals surface area contributed by atoms with Crippen molar-refractivity contribution in [2.45, 2.75) is 13.3 Å². The molecule has 0 saturated carbocycles. The number of carbonyl (C=O) groups is 1. The van der Waals surface area contributed by atoms with Crippen LogP contribution in [-0.4, -0.2) is 5.78 Å². The summed E-state index contributed by atoms with van der Waals surface area (Å²) in [5.41, 5.74) is 1.33. The minimum atomic E-state index is -0.446. The van der Waals surface area contributed by atoms with Gasteiger partial charge in [0.1, 0.15) is 5.82 Å². The summed E-state index contributed by atoms with van der Waals surface area (Å²) in [5.74, 6) is -0.638. The predicted octanol–water partition coefficient (Wildman–Crippen LogP) is 4.54. The van der Waals surface area contributed by atoms with E-state index in [-0.39, 0.29) is 16.7 Å². The second-order valence-electron chi connectivity index (χ2n) is 4.55. The Hall–Kier alpha value is -1.67. The van der Waals surface area contributed by atoms with Crippen LogP contribution < -0.4 is 0 Å². The fraction of sp³-hybridized carbons (Fsp3) is 0.188. The molecule has 2 rings (SSSR count). The van der Waals surface area contributed by atoms with Crippen LogP contribution in [0.5, 0.6) is 0 Å². The predicted molar refractivity (Wildman–Crippen MR) is 75.1 cm³/mol. The zero-order chi connectivity index (χ0) is 13.8. The molecule has 0 aliphatic carbocycles. The van der Waals surface area contributed by atoms with E-state index in [9.17, 15) is 9.18 Å². The maximum absolute atomic E-state index is 13.3. The summed E-state index contributed by atoms with van der Waals surface area (Å²) >= 11 is 5.90. The van der Waals surface area contributed by atoms with Gasteiger partial charge in [0.2, 0.25) is 0 Å². The second-order valence-corrected chi connectivity index (χ2v) is 4.93. The molecule has 98 valence electrons. The molecule has 0 spiro atoms. The molecule has 3 heteroatoms. The van der Waals surface area contributed by atoms with Gasteiger partial charge < -0.3 is 0 Å². The Kier molecular flexibility index (Phi) is 4.33. The molecule has 0 aromatic heterocycles. The lowest BCUT2D eigenvalue weighted by Crippen LogP contribution is -2.14. The molecular weight excluding hydrogens is 263 g/mol. The highest BCUT2D eigenvalue weighted by molar-refractivity contribution is 6.31. The number of ketones is 1. The first kappa shape index (κ1) is 13.8. The van der Waals surface area contributed by atoms with Crippen LogP contribution in [0.15, 0.2) is 48.5 Å². The zero-order valence-electron chi connectivity index (χ0n) is 10.6. The first-order valence-corrected chi connectivity index (χ1v) is 6.49. The SMILES string of the molecule is CC(Cc1cccc(F)c1Cl)C(=O)c1ccccc1. The van der Waals surface area contributed by atoms with Gasteiger partial charge in [-0.15, -0.1) is 0 Å². The molecule has 0 radical (unpaired) electrons. The monoisotopic (exact) mass is 276 g/mol. The number of Topliss-reactive ketones (excluding diaryl/α,β-unsaturated/α-hetero) is 1. The van der Waals surface area contributed by atoms with Crippen molar-refractivity contribution in [3.8, 4) is 0 Å². The summed E-state index contributed by atoms with van der Waals surface area (Å²) < 4.78 is 13.3. The summed E-state index contributed by atoms with van der Waals surface area (Å²) in [6.45, 7) is 1.83. The molecule has 0 N–H and O–H groups in total. The van der Waals surface area contributed by atoms with Crippen molar-refractivity contribution in [3.05, 3.63) is 70.5 Å². The van der Waals surface area contributed by atoms with E-state index in [1.54, 1.807) is 24.3 Å². The second kappa shape index (κ2) is 5.98. The van der Waals surface area contributed by atoms with Crippen LogP contribution >= 0.6 is 11.6 Å². The van der Waals surface area contributed by atoms with Crippen molar-refractivity contribution >= 4 is 17.4 Å². The summed E-state index contributed by atoms with van der Waals surface area (Å²) in [5, 5.41) is 0.107. The lowest BCUT2D eigenvalue weighted by atomic mass is 9.93. The van der Waals surface area contributed by atoms with Crippen LogP contribution in [0.3, 0.4) is 0 Å². The van der Waals surface area contributed by atoms with E-state index in [1.807, 2.05) is 25.1 Å². The smallest absolute Gasteiger partial charge is 0.165 e. The van der Waals surface area contributed by atoms with Crippen LogP contribution in [0.25, 0.3) is 0 Å². The maximum atomic E-state index is 13.3. The van der Waals surface area contributed by atoms with Crippen molar-refractivity contribution in [2.24, 2.45) is 5.92 Å². The van der Waals surface area contributed by atoms with Gasteiger partial charge in [0, 0.05) is 11.5 Å². The Labute approximate surface area is 117 Å². The third kappa shape index (κ3) is 3.21. The van der Waals surface area contributed by atoms with Crippen molar-refractivity contribution in [3.63, 3.8) is 0 Å². The molecule has 0 amide bonds. The Morgan fingerprint density at radius 2 is 1.84 bits per heavy atom. The van der Waals surface area contributed by atoms with Crippen LogP contribution in [-0.2, 0) is 6.42 Å².